The Balaban J connectivity index is 0.000000266. The number of hydrogen-bond donors (Lipinski definition) is 5. The molecule has 37 heavy (non-hydrogen) atoms. The van der Waals surface area contributed by atoms with E-state index in [1.54, 1.807) is 6.07 Å². The van der Waals surface area contributed by atoms with Gasteiger partial charge in [-0.3, -0.25) is 0 Å². The maximum Gasteiger partial charge on any atom is 0.178 e. The maximum absolute atomic E-state index is 10.2. The third-order valence-corrected chi connectivity index (χ3v) is 6.00. The number of phenolic OH excluding ortho intramolecular Hbond substituents is 1. The van der Waals surface area contributed by atoms with Crippen molar-refractivity contribution in [1.29, 1.82) is 0 Å². The lowest BCUT2D eigenvalue weighted by Crippen LogP contribution is -2.26. The highest BCUT2D eigenvalue weighted by Crippen LogP contribution is 2.25. The number of aryl methyl sites for hydroxylation is 2. The predicted octanol–water partition coefficient (Wildman–Crippen LogP) is 5.58. The Morgan fingerprint density at radius 1 is 0.838 bits per heavy atom. The molecule has 4 aromatic carbocycles. The van der Waals surface area contributed by atoms with E-state index in [0.717, 1.165) is 40.6 Å². The Kier molecular flexibility index (Phi) is 10.8. The molecule has 0 aromatic heterocycles. The lowest BCUT2D eigenvalue weighted by atomic mass is 10.1. The zero-order valence-corrected chi connectivity index (χ0v) is 21.5. The lowest BCUT2D eigenvalue weighted by Gasteiger charge is -2.15. The number of ether oxygens (including phenoxy) is 1. The van der Waals surface area contributed by atoms with Crippen LogP contribution in [0.1, 0.15) is 43.2 Å². The molecule has 0 bridgehead atoms. The van der Waals surface area contributed by atoms with Crippen LogP contribution in [0.4, 0.5) is 5.69 Å². The summed E-state index contributed by atoms with van der Waals surface area (Å²) in [6.45, 7) is 4.79. The molecular formula is C31H37NO5. The molecule has 0 saturated carbocycles. The van der Waals surface area contributed by atoms with E-state index in [-0.39, 0.29) is 12.4 Å². The molecule has 0 fully saturated rings. The summed E-state index contributed by atoms with van der Waals surface area (Å²) in [5.41, 5.74) is 3.49. The first-order valence-corrected chi connectivity index (χ1v) is 12.7. The summed E-state index contributed by atoms with van der Waals surface area (Å²) in [5.74, 6) is 1.00. The maximum atomic E-state index is 10.2. The summed E-state index contributed by atoms with van der Waals surface area (Å²) >= 11 is 0. The Bertz CT molecular complexity index is 1230. The van der Waals surface area contributed by atoms with Crippen LogP contribution in [0, 0.1) is 0 Å². The molecule has 4 aromatic rings. The van der Waals surface area contributed by atoms with Crippen molar-refractivity contribution in [2.45, 2.75) is 45.5 Å². The molecule has 0 aliphatic heterocycles. The van der Waals surface area contributed by atoms with E-state index in [2.05, 4.69) is 48.6 Å². The van der Waals surface area contributed by atoms with Crippen LogP contribution in [0.2, 0.25) is 0 Å². The van der Waals surface area contributed by atoms with Crippen molar-refractivity contribution in [2.75, 3.05) is 18.5 Å². The summed E-state index contributed by atoms with van der Waals surface area (Å²) in [6.07, 6.45) is 0.885. The van der Waals surface area contributed by atoms with Crippen molar-refractivity contribution in [2.24, 2.45) is 0 Å². The van der Waals surface area contributed by atoms with Gasteiger partial charge in [-0.15, -0.1) is 0 Å². The molecule has 196 valence electrons. The third-order valence-electron chi connectivity index (χ3n) is 6.00. The van der Waals surface area contributed by atoms with Crippen LogP contribution in [0.5, 0.6) is 11.5 Å². The lowest BCUT2D eigenvalue weighted by molar-refractivity contribution is -0.0425. The van der Waals surface area contributed by atoms with Crippen LogP contribution in [0.25, 0.3) is 10.8 Å². The van der Waals surface area contributed by atoms with Gasteiger partial charge in [-0.2, -0.15) is 0 Å². The fourth-order valence-electron chi connectivity index (χ4n) is 3.93. The summed E-state index contributed by atoms with van der Waals surface area (Å²) in [6, 6.07) is 27.0. The number of anilines is 1. The topological polar surface area (TPSA) is 102 Å². The van der Waals surface area contributed by atoms with Gasteiger partial charge < -0.3 is 30.5 Å². The minimum absolute atomic E-state index is 0.196. The second-order valence-electron chi connectivity index (χ2n) is 8.89. The van der Waals surface area contributed by atoms with Gasteiger partial charge in [0.2, 0.25) is 0 Å². The summed E-state index contributed by atoms with van der Waals surface area (Å²) in [4.78, 5) is 0. The van der Waals surface area contributed by atoms with Gasteiger partial charge in [0.25, 0.3) is 0 Å². The second kappa shape index (κ2) is 14.2. The van der Waals surface area contributed by atoms with Crippen molar-refractivity contribution in [1.82, 2.24) is 0 Å². The van der Waals surface area contributed by atoms with Gasteiger partial charge in [0.15, 0.2) is 6.29 Å². The van der Waals surface area contributed by atoms with Crippen LogP contribution in [-0.2, 0) is 12.8 Å². The van der Waals surface area contributed by atoms with Crippen molar-refractivity contribution >= 4 is 16.5 Å². The van der Waals surface area contributed by atoms with E-state index in [1.807, 2.05) is 37.3 Å². The van der Waals surface area contributed by atoms with Gasteiger partial charge in [-0.25, -0.2) is 0 Å². The highest BCUT2D eigenvalue weighted by atomic mass is 16.5. The molecule has 0 spiro atoms. The molecule has 6 nitrogen and oxygen atoms in total. The van der Waals surface area contributed by atoms with Gasteiger partial charge in [0.1, 0.15) is 24.2 Å². The van der Waals surface area contributed by atoms with Crippen LogP contribution in [0.15, 0.2) is 84.9 Å². The molecule has 6 heteroatoms. The number of fused-ring (bicyclic) bond motifs is 1. The molecule has 4 rings (SSSR count). The molecule has 0 aliphatic carbocycles. The Morgan fingerprint density at radius 2 is 1.57 bits per heavy atom. The molecule has 0 amide bonds. The quantitative estimate of drug-likeness (QED) is 0.181. The minimum atomic E-state index is -1.46. The van der Waals surface area contributed by atoms with Gasteiger partial charge >= 0.3 is 0 Å². The first kappa shape index (κ1) is 28.0. The number of aliphatic hydroxyl groups is 3. The number of hydrogen-bond acceptors (Lipinski definition) is 6. The standard InChI is InChI=1S/C22H25NO2.C9H12O3/c1-2-6-17-11-13-19(14-12-17)23-15-20(24)16-25-22-10-5-8-18-7-3-4-9-21(18)22;1-2-6-5-7(9(11)12)3-4-8(6)10/h3-5,7-14,20,23-24H,2,6,15-16H2,1H3;3-5,9-12H,2H2,1H3. The molecule has 1 atom stereocenters. The average molecular weight is 504 g/mol. The molecule has 1 unspecified atom stereocenters. The molecule has 5 N–H and O–H groups in total. The number of nitrogens with one attached hydrogen (secondary N) is 1. The highest BCUT2D eigenvalue weighted by molar-refractivity contribution is 5.88. The first-order chi connectivity index (χ1) is 17.9. The van der Waals surface area contributed by atoms with E-state index in [4.69, 9.17) is 14.9 Å². The van der Waals surface area contributed by atoms with E-state index >= 15 is 0 Å². The van der Waals surface area contributed by atoms with E-state index in [0.29, 0.717) is 18.5 Å². The summed E-state index contributed by atoms with van der Waals surface area (Å²) in [5, 5.41) is 42.5. The first-order valence-electron chi connectivity index (χ1n) is 12.7. The number of rotatable bonds is 10. The molecule has 0 saturated heterocycles. The van der Waals surface area contributed by atoms with Gasteiger partial charge in [0, 0.05) is 23.2 Å². The van der Waals surface area contributed by atoms with Crippen LogP contribution >= 0.6 is 0 Å². The zero-order valence-electron chi connectivity index (χ0n) is 21.5. The summed E-state index contributed by atoms with van der Waals surface area (Å²) in [7, 11) is 0. The second-order valence-corrected chi connectivity index (χ2v) is 8.89. The fourth-order valence-corrected chi connectivity index (χ4v) is 3.93. The van der Waals surface area contributed by atoms with Gasteiger partial charge in [-0.1, -0.05) is 74.9 Å². The third kappa shape index (κ3) is 8.50. The number of aliphatic hydroxyl groups excluding tert-OH is 2. The minimum Gasteiger partial charge on any atom is -0.508 e. The Morgan fingerprint density at radius 3 is 2.27 bits per heavy atom. The van der Waals surface area contributed by atoms with E-state index in [9.17, 15) is 10.2 Å². The zero-order chi connectivity index (χ0) is 26.6. The van der Waals surface area contributed by atoms with Crippen LogP contribution in [0.3, 0.4) is 0 Å². The number of phenols is 1. The van der Waals surface area contributed by atoms with Crippen molar-refractivity contribution in [3.8, 4) is 11.5 Å². The normalized spacial score (nSPS) is 11.6. The van der Waals surface area contributed by atoms with Crippen molar-refractivity contribution in [3.05, 3.63) is 102 Å². The van der Waals surface area contributed by atoms with Crippen LogP contribution in [-0.4, -0.2) is 39.7 Å². The van der Waals surface area contributed by atoms with Crippen molar-refractivity contribution in [3.63, 3.8) is 0 Å². The van der Waals surface area contributed by atoms with E-state index in [1.165, 1.54) is 17.7 Å². The largest absolute Gasteiger partial charge is 0.508 e. The molecule has 0 radical (unpaired) electrons. The van der Waals surface area contributed by atoms with E-state index < -0.39 is 12.4 Å². The molecule has 0 heterocycles. The Labute approximate surface area is 218 Å². The fraction of sp³-hybridized carbons (Fsp3) is 0.290. The highest BCUT2D eigenvalue weighted by Gasteiger charge is 2.08. The monoisotopic (exact) mass is 503 g/mol. The predicted molar refractivity (Wildman–Crippen MR) is 149 cm³/mol. The van der Waals surface area contributed by atoms with Gasteiger partial charge in [0.05, 0.1) is 0 Å². The number of aromatic hydroxyl groups is 1. The average Bonchev–Trinajstić information content (AvgIpc) is 2.92. The molecular weight excluding hydrogens is 466 g/mol. The van der Waals surface area contributed by atoms with Crippen LogP contribution < -0.4 is 10.1 Å². The Hall–Kier alpha value is -3.58. The number of benzene rings is 4. The summed E-state index contributed by atoms with van der Waals surface area (Å²) < 4.78 is 5.83. The SMILES string of the molecule is CCCc1ccc(NCC(O)COc2cccc3ccccc23)cc1.CCc1cc(C(O)O)ccc1O. The van der Waals surface area contributed by atoms with Gasteiger partial charge in [-0.05, 0) is 59.7 Å². The smallest absolute Gasteiger partial charge is 0.178 e. The van der Waals surface area contributed by atoms with Crippen molar-refractivity contribution < 1.29 is 25.2 Å². The molecule has 0 aliphatic rings.